The number of nitrogens with zero attached hydrogens (tertiary/aromatic N) is 2. The molecule has 1 heterocycles. The van der Waals surface area contributed by atoms with Gasteiger partial charge in [-0.25, -0.2) is 13.4 Å². The van der Waals surface area contributed by atoms with Gasteiger partial charge >= 0.3 is 0 Å². The molecule has 134 valence electrons. The predicted octanol–water partition coefficient (Wildman–Crippen LogP) is 2.26. The third kappa shape index (κ3) is 6.92. The number of aromatic nitrogens is 1. The minimum atomic E-state index is -3.13. The molecular formula is C14H27IN4O2S2. The second-order valence-electron chi connectivity index (χ2n) is 6.03. The highest BCUT2D eigenvalue weighted by atomic mass is 127. The van der Waals surface area contributed by atoms with Crippen LogP contribution in [0, 0.1) is 13.8 Å². The van der Waals surface area contributed by atoms with Crippen molar-refractivity contribution in [3.05, 3.63) is 15.6 Å². The fourth-order valence-corrected chi connectivity index (χ4v) is 3.59. The van der Waals surface area contributed by atoms with Crippen molar-refractivity contribution in [2.45, 2.75) is 45.9 Å². The van der Waals surface area contributed by atoms with Crippen LogP contribution in [-0.2, 0) is 16.4 Å². The maximum absolute atomic E-state index is 12.0. The molecule has 0 spiro atoms. The summed E-state index contributed by atoms with van der Waals surface area (Å²) in [5.74, 6) is 0.671. The first-order chi connectivity index (χ1) is 10.1. The van der Waals surface area contributed by atoms with E-state index in [2.05, 4.69) is 20.6 Å². The minimum Gasteiger partial charge on any atom is -0.355 e. The van der Waals surface area contributed by atoms with Gasteiger partial charge < -0.3 is 10.6 Å². The quantitative estimate of drug-likeness (QED) is 0.389. The van der Waals surface area contributed by atoms with E-state index in [9.17, 15) is 8.42 Å². The molecule has 6 nitrogen and oxygen atoms in total. The highest BCUT2D eigenvalue weighted by molar-refractivity contribution is 14.0. The molecule has 1 aromatic rings. The van der Waals surface area contributed by atoms with Gasteiger partial charge in [-0.3, -0.25) is 4.99 Å². The number of rotatable bonds is 5. The number of sulfone groups is 1. The van der Waals surface area contributed by atoms with E-state index in [0.29, 0.717) is 19.0 Å². The van der Waals surface area contributed by atoms with Gasteiger partial charge in [-0.15, -0.1) is 35.3 Å². The fraction of sp³-hybridized carbons (Fsp3) is 0.714. The topological polar surface area (TPSA) is 83.5 Å². The lowest BCUT2D eigenvalue weighted by atomic mass is 10.3. The molecule has 0 aliphatic carbocycles. The largest absolute Gasteiger partial charge is 0.355 e. The number of thiazole rings is 1. The first kappa shape index (κ1) is 22.6. The molecule has 9 heteroatoms. The Morgan fingerprint density at radius 3 is 2.30 bits per heavy atom. The summed E-state index contributed by atoms with van der Waals surface area (Å²) in [5.41, 5.74) is 1.01. The lowest BCUT2D eigenvalue weighted by Gasteiger charge is -2.19. The van der Waals surface area contributed by atoms with Gasteiger partial charge in [0.05, 0.1) is 27.7 Å². The van der Waals surface area contributed by atoms with E-state index < -0.39 is 14.6 Å². The lowest BCUT2D eigenvalue weighted by Crippen LogP contribution is -2.41. The number of hydrogen-bond donors (Lipinski definition) is 2. The van der Waals surface area contributed by atoms with Gasteiger partial charge in [-0.05, 0) is 34.6 Å². The number of hydrogen-bond acceptors (Lipinski definition) is 5. The highest BCUT2D eigenvalue weighted by Gasteiger charge is 2.28. The summed E-state index contributed by atoms with van der Waals surface area (Å²) >= 11 is 1.65. The van der Waals surface area contributed by atoms with E-state index in [-0.39, 0.29) is 29.7 Å². The maximum atomic E-state index is 12.0. The SMILES string of the molecule is CN=C(NCCS(=O)(=O)C(C)(C)C)NCc1sc(C)nc1C.I. The molecule has 1 aromatic heterocycles. The minimum absolute atomic E-state index is 0. The van der Waals surface area contributed by atoms with Crippen molar-refractivity contribution in [2.75, 3.05) is 19.3 Å². The summed E-state index contributed by atoms with van der Waals surface area (Å²) in [6.45, 7) is 10.1. The second-order valence-corrected chi connectivity index (χ2v) is 10.2. The molecule has 1 rings (SSSR count). The van der Waals surface area contributed by atoms with E-state index in [0.717, 1.165) is 15.6 Å². The van der Waals surface area contributed by atoms with Crippen LogP contribution in [-0.4, -0.2) is 43.5 Å². The number of aryl methyl sites for hydroxylation is 2. The normalized spacial score (nSPS) is 12.7. The molecule has 2 N–H and O–H groups in total. The predicted molar refractivity (Wildman–Crippen MR) is 109 cm³/mol. The molecule has 0 radical (unpaired) electrons. The van der Waals surface area contributed by atoms with Crippen molar-refractivity contribution in [1.29, 1.82) is 0 Å². The van der Waals surface area contributed by atoms with Crippen LogP contribution in [0.25, 0.3) is 0 Å². The molecule has 0 saturated heterocycles. The number of guanidine groups is 1. The zero-order valence-electron chi connectivity index (χ0n) is 14.6. The van der Waals surface area contributed by atoms with Gasteiger partial charge in [0.1, 0.15) is 0 Å². The van der Waals surface area contributed by atoms with Crippen molar-refractivity contribution in [1.82, 2.24) is 15.6 Å². The summed E-state index contributed by atoms with van der Waals surface area (Å²) in [6.07, 6.45) is 0. The molecule has 23 heavy (non-hydrogen) atoms. The Labute approximate surface area is 160 Å². The van der Waals surface area contributed by atoms with Gasteiger partial charge in [-0.2, -0.15) is 0 Å². The molecule has 0 aliphatic heterocycles. The van der Waals surface area contributed by atoms with Crippen LogP contribution in [0.2, 0.25) is 0 Å². The van der Waals surface area contributed by atoms with Crippen molar-refractivity contribution in [3.63, 3.8) is 0 Å². The van der Waals surface area contributed by atoms with Gasteiger partial charge in [-0.1, -0.05) is 0 Å². The van der Waals surface area contributed by atoms with Crippen LogP contribution in [0.1, 0.15) is 36.3 Å². The van der Waals surface area contributed by atoms with Crippen molar-refractivity contribution < 1.29 is 8.42 Å². The maximum Gasteiger partial charge on any atom is 0.191 e. The van der Waals surface area contributed by atoms with Crippen molar-refractivity contribution in [3.8, 4) is 0 Å². The first-order valence-electron chi connectivity index (χ1n) is 7.16. The van der Waals surface area contributed by atoms with E-state index >= 15 is 0 Å². The van der Waals surface area contributed by atoms with Gasteiger partial charge in [0.15, 0.2) is 15.8 Å². The van der Waals surface area contributed by atoms with Crippen LogP contribution in [0.3, 0.4) is 0 Å². The summed E-state index contributed by atoms with van der Waals surface area (Å²) in [7, 11) is -1.46. The van der Waals surface area contributed by atoms with Crippen LogP contribution < -0.4 is 10.6 Å². The standard InChI is InChI=1S/C14H26N4O2S2.HI/c1-10-12(21-11(2)18-10)9-17-13(15-6)16-7-8-22(19,20)14(3,4)5;/h7-9H2,1-6H3,(H2,15,16,17);1H. The molecular weight excluding hydrogens is 447 g/mol. The third-order valence-corrected chi connectivity index (χ3v) is 6.92. The molecule has 0 aliphatic rings. The highest BCUT2D eigenvalue weighted by Crippen LogP contribution is 2.16. The molecule has 0 atom stereocenters. The lowest BCUT2D eigenvalue weighted by molar-refractivity contribution is 0.559. The van der Waals surface area contributed by atoms with Crippen LogP contribution in [0.4, 0.5) is 0 Å². The molecule has 0 amide bonds. The average molecular weight is 474 g/mol. The average Bonchev–Trinajstić information content (AvgIpc) is 2.70. The zero-order valence-corrected chi connectivity index (χ0v) is 18.5. The van der Waals surface area contributed by atoms with E-state index in [1.807, 2.05) is 13.8 Å². The summed E-state index contributed by atoms with van der Waals surface area (Å²) < 4.78 is 23.4. The first-order valence-corrected chi connectivity index (χ1v) is 9.63. The Kier molecular flexibility index (Phi) is 9.00. The Bertz CT molecular complexity index is 634. The van der Waals surface area contributed by atoms with Crippen LogP contribution in [0.15, 0.2) is 4.99 Å². The Balaban J connectivity index is 0.00000484. The Hall–Kier alpha value is -0.420. The number of halogens is 1. The van der Waals surface area contributed by atoms with Crippen LogP contribution in [0.5, 0.6) is 0 Å². The molecule has 0 bridgehead atoms. The van der Waals surface area contributed by atoms with E-state index in [1.54, 1.807) is 39.2 Å². The van der Waals surface area contributed by atoms with Gasteiger partial charge in [0, 0.05) is 18.5 Å². The Morgan fingerprint density at radius 2 is 1.87 bits per heavy atom. The second kappa shape index (κ2) is 9.16. The van der Waals surface area contributed by atoms with Gasteiger partial charge in [0.25, 0.3) is 0 Å². The van der Waals surface area contributed by atoms with E-state index in [1.165, 1.54) is 0 Å². The van der Waals surface area contributed by atoms with Crippen molar-refractivity contribution >= 4 is 51.1 Å². The smallest absolute Gasteiger partial charge is 0.191 e. The number of aliphatic imine (C=N–C) groups is 1. The van der Waals surface area contributed by atoms with Crippen molar-refractivity contribution in [2.24, 2.45) is 4.99 Å². The molecule has 0 aromatic carbocycles. The fourth-order valence-electron chi connectivity index (χ4n) is 1.73. The summed E-state index contributed by atoms with van der Waals surface area (Å²) in [4.78, 5) is 9.64. The summed E-state index contributed by atoms with van der Waals surface area (Å²) in [5, 5.41) is 7.25. The Morgan fingerprint density at radius 1 is 1.26 bits per heavy atom. The third-order valence-electron chi connectivity index (χ3n) is 3.24. The monoisotopic (exact) mass is 474 g/mol. The number of nitrogens with one attached hydrogen (secondary N) is 2. The zero-order chi connectivity index (χ0) is 17.0. The molecule has 0 saturated carbocycles. The van der Waals surface area contributed by atoms with E-state index in [4.69, 9.17) is 0 Å². The molecule has 0 fully saturated rings. The summed E-state index contributed by atoms with van der Waals surface area (Å²) in [6, 6.07) is 0. The van der Waals surface area contributed by atoms with Gasteiger partial charge in [0.2, 0.25) is 0 Å². The molecule has 0 unspecified atom stereocenters. The van der Waals surface area contributed by atoms with Crippen LogP contribution >= 0.6 is 35.3 Å².